The molecule has 30 heavy (non-hydrogen) atoms. The second-order valence-electron chi connectivity index (χ2n) is 7.18. The zero-order chi connectivity index (χ0) is 20.5. The molecule has 2 aliphatic heterocycles. The molecule has 0 unspecified atom stereocenters. The summed E-state index contributed by atoms with van der Waals surface area (Å²) in [4.78, 5) is 20.0. The number of benzene rings is 3. The van der Waals surface area contributed by atoms with Gasteiger partial charge in [-0.2, -0.15) is 0 Å². The van der Waals surface area contributed by atoms with E-state index < -0.39 is 5.92 Å². The maximum absolute atomic E-state index is 13.7. The Morgan fingerprint density at radius 1 is 1.03 bits per heavy atom. The van der Waals surface area contributed by atoms with Gasteiger partial charge in [-0.15, -0.1) is 0 Å². The summed E-state index contributed by atoms with van der Waals surface area (Å²) >= 11 is 1.47. The second kappa shape index (κ2) is 7.95. The molecule has 0 atom stereocenters. The van der Waals surface area contributed by atoms with Crippen molar-refractivity contribution in [3.05, 3.63) is 95.3 Å². The Kier molecular flexibility index (Phi) is 5.01. The predicted molar refractivity (Wildman–Crippen MR) is 117 cm³/mol. The first kappa shape index (κ1) is 18.9. The molecule has 0 radical (unpaired) electrons. The molecule has 4 nitrogen and oxygen atoms in total. The van der Waals surface area contributed by atoms with E-state index in [1.165, 1.54) is 23.9 Å². The molecule has 0 fully saturated rings. The molecule has 0 spiro atoms. The third-order valence-electron chi connectivity index (χ3n) is 5.25. The van der Waals surface area contributed by atoms with Gasteiger partial charge in [0, 0.05) is 23.4 Å². The summed E-state index contributed by atoms with van der Waals surface area (Å²) in [5.41, 5.74) is 2.59. The molecule has 2 heterocycles. The maximum atomic E-state index is 13.7. The van der Waals surface area contributed by atoms with E-state index in [1.807, 2.05) is 54.6 Å². The topological polar surface area (TPSA) is 41.9 Å². The number of hydrogen-bond donors (Lipinski definition) is 0. The van der Waals surface area contributed by atoms with Crippen molar-refractivity contribution in [3.63, 3.8) is 0 Å². The van der Waals surface area contributed by atoms with E-state index in [0.717, 1.165) is 16.7 Å². The van der Waals surface area contributed by atoms with Crippen LogP contribution in [0.5, 0.6) is 11.5 Å². The Balaban J connectivity index is 1.42. The number of thioether (sulfide) groups is 1. The highest BCUT2D eigenvalue weighted by molar-refractivity contribution is 8.13. The molecule has 3 aromatic carbocycles. The molecule has 0 bridgehead atoms. The smallest absolute Gasteiger partial charge is 0.240 e. The van der Waals surface area contributed by atoms with Gasteiger partial charge >= 0.3 is 0 Å². The van der Waals surface area contributed by atoms with Crippen molar-refractivity contribution in [1.29, 1.82) is 0 Å². The summed E-state index contributed by atoms with van der Waals surface area (Å²) in [5.74, 6) is 1.26. The largest absolute Gasteiger partial charge is 0.457 e. The Hall–Kier alpha value is -3.12. The van der Waals surface area contributed by atoms with Crippen molar-refractivity contribution in [1.82, 2.24) is 4.90 Å². The molecule has 6 heteroatoms. The molecule has 5 rings (SSSR count). The van der Waals surface area contributed by atoms with Crippen molar-refractivity contribution in [2.45, 2.75) is 11.7 Å². The Morgan fingerprint density at radius 3 is 2.43 bits per heavy atom. The average molecular weight is 418 g/mol. The Bertz CT molecular complexity index is 1100. The number of aliphatic imine (C=N–C) groups is 1. The lowest BCUT2D eigenvalue weighted by atomic mass is 9.87. The van der Waals surface area contributed by atoms with Gasteiger partial charge in [0.1, 0.15) is 17.3 Å². The first-order chi connectivity index (χ1) is 14.7. The van der Waals surface area contributed by atoms with Gasteiger partial charge in [-0.1, -0.05) is 60.3 Å². The first-order valence-electron chi connectivity index (χ1n) is 9.79. The second-order valence-corrected chi connectivity index (χ2v) is 8.13. The molecule has 150 valence electrons. The number of halogens is 1. The number of ether oxygens (including phenoxy) is 1. The molecule has 0 aromatic heterocycles. The van der Waals surface area contributed by atoms with Crippen LogP contribution in [-0.2, 0) is 10.5 Å². The predicted octanol–water partition coefficient (Wildman–Crippen LogP) is 5.19. The SMILES string of the molecule is O=C(C1c2ccccc2Oc2ccccc21)N1CCN=C1SCc1cccc(F)c1. The molecule has 0 saturated heterocycles. The molecule has 0 aliphatic carbocycles. The quantitative estimate of drug-likeness (QED) is 0.587. The standard InChI is InChI=1S/C24H19FN2O2S/c25-17-7-5-6-16(14-17)15-30-24-26-12-13-27(24)23(28)22-18-8-1-3-10-20(18)29-21-11-4-2-9-19(21)22/h1-11,14,22H,12-13,15H2. The van der Waals surface area contributed by atoms with Crippen LogP contribution in [0.25, 0.3) is 0 Å². The summed E-state index contributed by atoms with van der Waals surface area (Å²) in [6.45, 7) is 1.12. The van der Waals surface area contributed by atoms with Crippen LogP contribution < -0.4 is 4.74 Å². The number of carbonyl (C=O) groups is 1. The number of fused-ring (bicyclic) bond motifs is 2. The number of amidine groups is 1. The van der Waals surface area contributed by atoms with Crippen LogP contribution in [-0.4, -0.2) is 29.1 Å². The van der Waals surface area contributed by atoms with Crippen molar-refractivity contribution < 1.29 is 13.9 Å². The Labute approximate surface area is 178 Å². The zero-order valence-corrected chi connectivity index (χ0v) is 16.9. The lowest BCUT2D eigenvalue weighted by Crippen LogP contribution is -2.38. The molecule has 1 amide bonds. The first-order valence-corrected chi connectivity index (χ1v) is 10.8. The van der Waals surface area contributed by atoms with E-state index in [0.29, 0.717) is 35.5 Å². The third-order valence-corrected chi connectivity index (χ3v) is 6.34. The van der Waals surface area contributed by atoms with Gasteiger partial charge < -0.3 is 4.74 Å². The van der Waals surface area contributed by atoms with Crippen LogP contribution in [0.4, 0.5) is 4.39 Å². The number of hydrogen-bond acceptors (Lipinski definition) is 4. The highest BCUT2D eigenvalue weighted by atomic mass is 32.2. The van der Waals surface area contributed by atoms with E-state index in [1.54, 1.807) is 11.0 Å². The molecular formula is C24H19FN2O2S. The van der Waals surface area contributed by atoms with Crippen LogP contribution in [0.2, 0.25) is 0 Å². The number of amides is 1. The highest BCUT2D eigenvalue weighted by Gasteiger charge is 2.37. The van der Waals surface area contributed by atoms with Crippen molar-refractivity contribution in [2.75, 3.05) is 13.1 Å². The van der Waals surface area contributed by atoms with Crippen LogP contribution in [0.1, 0.15) is 22.6 Å². The maximum Gasteiger partial charge on any atom is 0.240 e. The summed E-state index contributed by atoms with van der Waals surface area (Å²) in [6.07, 6.45) is 0. The molecular weight excluding hydrogens is 399 g/mol. The van der Waals surface area contributed by atoms with Gasteiger partial charge in [-0.3, -0.25) is 14.7 Å². The normalized spacial score (nSPS) is 15.2. The van der Waals surface area contributed by atoms with E-state index >= 15 is 0 Å². The fourth-order valence-electron chi connectivity index (χ4n) is 3.86. The zero-order valence-electron chi connectivity index (χ0n) is 16.1. The minimum atomic E-state index is -0.441. The number of para-hydroxylation sites is 2. The van der Waals surface area contributed by atoms with E-state index in [2.05, 4.69) is 4.99 Å². The van der Waals surface area contributed by atoms with Crippen LogP contribution in [0.3, 0.4) is 0 Å². The third kappa shape index (κ3) is 3.48. The van der Waals surface area contributed by atoms with Crippen molar-refractivity contribution in [3.8, 4) is 11.5 Å². The molecule has 0 N–H and O–H groups in total. The lowest BCUT2D eigenvalue weighted by Gasteiger charge is -2.30. The van der Waals surface area contributed by atoms with Gasteiger partial charge in [0.15, 0.2) is 5.17 Å². The number of nitrogens with zero attached hydrogens (tertiary/aromatic N) is 2. The van der Waals surface area contributed by atoms with E-state index in [4.69, 9.17) is 4.74 Å². The molecule has 2 aliphatic rings. The van der Waals surface area contributed by atoms with Crippen LogP contribution in [0, 0.1) is 5.82 Å². The van der Waals surface area contributed by atoms with Crippen molar-refractivity contribution >= 4 is 22.8 Å². The fourth-order valence-corrected chi connectivity index (χ4v) is 4.86. The lowest BCUT2D eigenvalue weighted by molar-refractivity contribution is -0.127. The Morgan fingerprint density at radius 2 is 1.73 bits per heavy atom. The van der Waals surface area contributed by atoms with Gasteiger partial charge in [-0.05, 0) is 29.8 Å². The number of carbonyl (C=O) groups excluding carboxylic acids is 1. The van der Waals surface area contributed by atoms with Crippen molar-refractivity contribution in [2.24, 2.45) is 4.99 Å². The summed E-state index contributed by atoms with van der Waals surface area (Å²) < 4.78 is 19.5. The highest BCUT2D eigenvalue weighted by Crippen LogP contribution is 2.45. The summed E-state index contributed by atoms with van der Waals surface area (Å²) in [5, 5.41) is 0.686. The van der Waals surface area contributed by atoms with Crippen LogP contribution in [0.15, 0.2) is 77.8 Å². The van der Waals surface area contributed by atoms with Gasteiger partial charge in [0.2, 0.25) is 5.91 Å². The summed E-state index contributed by atoms with van der Waals surface area (Å²) in [6, 6.07) is 21.9. The van der Waals surface area contributed by atoms with Gasteiger partial charge in [0.25, 0.3) is 0 Å². The van der Waals surface area contributed by atoms with Gasteiger partial charge in [0.05, 0.1) is 12.5 Å². The van der Waals surface area contributed by atoms with E-state index in [-0.39, 0.29) is 11.7 Å². The van der Waals surface area contributed by atoms with Crippen LogP contribution >= 0.6 is 11.8 Å². The minimum Gasteiger partial charge on any atom is -0.457 e. The number of rotatable bonds is 3. The summed E-state index contributed by atoms with van der Waals surface area (Å²) in [7, 11) is 0. The average Bonchev–Trinajstić information content (AvgIpc) is 3.24. The van der Waals surface area contributed by atoms with E-state index in [9.17, 15) is 9.18 Å². The monoisotopic (exact) mass is 418 g/mol. The minimum absolute atomic E-state index is 0.0128. The molecule has 0 saturated carbocycles. The fraction of sp³-hybridized carbons (Fsp3) is 0.167. The van der Waals surface area contributed by atoms with Gasteiger partial charge in [-0.25, -0.2) is 4.39 Å². The molecule has 3 aromatic rings.